The molecule has 2 N–H and O–H groups in total. The average molecular weight is 329 g/mol. The lowest BCUT2D eigenvalue weighted by Crippen LogP contribution is -2.44. The van der Waals surface area contributed by atoms with Crippen molar-refractivity contribution < 1.29 is 19.2 Å². The van der Waals surface area contributed by atoms with Crippen molar-refractivity contribution in [1.82, 2.24) is 15.5 Å². The molecule has 0 aliphatic heterocycles. The molecule has 2 aromatic rings. The molecule has 2 heterocycles. The van der Waals surface area contributed by atoms with Crippen LogP contribution >= 0.6 is 0 Å². The molecular formula is C17H19N3O4. The molecule has 1 aliphatic carbocycles. The predicted molar refractivity (Wildman–Crippen MR) is 85.2 cm³/mol. The molecule has 0 bridgehead atoms. The molecule has 0 radical (unpaired) electrons. The quantitative estimate of drug-likeness (QED) is 0.873. The Kier molecular flexibility index (Phi) is 4.59. The number of carbonyl (C=O) groups excluding carboxylic acids is 1. The molecule has 1 fully saturated rings. The van der Waals surface area contributed by atoms with Crippen LogP contribution in [0.25, 0.3) is 11.3 Å². The van der Waals surface area contributed by atoms with Crippen molar-refractivity contribution >= 4 is 11.9 Å². The van der Waals surface area contributed by atoms with E-state index >= 15 is 0 Å². The van der Waals surface area contributed by atoms with E-state index in [1.807, 2.05) is 0 Å². The molecule has 3 rings (SSSR count). The van der Waals surface area contributed by atoms with Crippen LogP contribution in [-0.4, -0.2) is 33.7 Å². The van der Waals surface area contributed by atoms with Crippen molar-refractivity contribution in [3.63, 3.8) is 0 Å². The largest absolute Gasteiger partial charge is 0.481 e. The van der Waals surface area contributed by atoms with Crippen LogP contribution in [0.3, 0.4) is 0 Å². The van der Waals surface area contributed by atoms with Gasteiger partial charge in [-0.3, -0.25) is 14.6 Å². The van der Waals surface area contributed by atoms with E-state index in [0.29, 0.717) is 18.6 Å². The van der Waals surface area contributed by atoms with Gasteiger partial charge in [0.2, 0.25) is 0 Å². The first-order chi connectivity index (χ1) is 11.6. The van der Waals surface area contributed by atoms with Crippen molar-refractivity contribution in [2.24, 2.45) is 5.41 Å². The Morgan fingerprint density at radius 3 is 2.75 bits per heavy atom. The summed E-state index contributed by atoms with van der Waals surface area (Å²) in [6, 6.07) is 5.09. The lowest BCUT2D eigenvalue weighted by molar-refractivity contribution is -0.150. The van der Waals surface area contributed by atoms with Crippen LogP contribution in [-0.2, 0) is 4.79 Å². The Balaban J connectivity index is 1.67. The molecule has 0 aromatic carbocycles. The molecule has 2 aromatic heterocycles. The minimum absolute atomic E-state index is 0.107. The van der Waals surface area contributed by atoms with Crippen LogP contribution in [0.2, 0.25) is 0 Å². The number of nitrogens with one attached hydrogen (secondary N) is 1. The number of aromatic nitrogens is 2. The van der Waals surface area contributed by atoms with Crippen molar-refractivity contribution in [2.45, 2.75) is 32.1 Å². The maximum Gasteiger partial charge on any atom is 0.311 e. The van der Waals surface area contributed by atoms with E-state index in [2.05, 4.69) is 15.5 Å². The molecule has 0 spiro atoms. The minimum Gasteiger partial charge on any atom is -0.481 e. The first kappa shape index (κ1) is 16.2. The summed E-state index contributed by atoms with van der Waals surface area (Å²) in [7, 11) is 0. The molecule has 0 atom stereocenters. The molecular weight excluding hydrogens is 310 g/mol. The Morgan fingerprint density at radius 1 is 1.29 bits per heavy atom. The molecule has 1 saturated carbocycles. The number of pyridine rings is 1. The van der Waals surface area contributed by atoms with E-state index in [1.165, 1.54) is 6.07 Å². The number of carbonyl (C=O) groups is 2. The summed E-state index contributed by atoms with van der Waals surface area (Å²) in [6.07, 6.45) is 7.21. The Bertz CT molecular complexity index is 720. The number of carboxylic acid groups (broad SMARTS) is 1. The topological polar surface area (TPSA) is 105 Å². The van der Waals surface area contributed by atoms with Gasteiger partial charge in [0.25, 0.3) is 5.91 Å². The maximum atomic E-state index is 12.3. The van der Waals surface area contributed by atoms with Crippen LogP contribution in [0.15, 0.2) is 35.1 Å². The van der Waals surface area contributed by atoms with E-state index in [4.69, 9.17) is 4.52 Å². The summed E-state index contributed by atoms with van der Waals surface area (Å²) in [5.74, 6) is -0.836. The molecule has 7 heteroatoms. The molecule has 126 valence electrons. The van der Waals surface area contributed by atoms with E-state index in [-0.39, 0.29) is 12.2 Å². The lowest BCUT2D eigenvalue weighted by Gasteiger charge is -2.33. The van der Waals surface area contributed by atoms with Gasteiger partial charge in [0, 0.05) is 30.6 Å². The summed E-state index contributed by atoms with van der Waals surface area (Å²) in [5, 5.41) is 16.0. The van der Waals surface area contributed by atoms with Gasteiger partial charge in [-0.1, -0.05) is 24.4 Å². The normalized spacial score (nSPS) is 16.5. The Hall–Kier alpha value is -2.70. The zero-order valence-electron chi connectivity index (χ0n) is 13.2. The smallest absolute Gasteiger partial charge is 0.311 e. The van der Waals surface area contributed by atoms with Crippen LogP contribution < -0.4 is 5.32 Å². The third-order valence-electron chi connectivity index (χ3n) is 4.54. The SMILES string of the molecule is O=C(NCC1(C(=O)O)CCCCC1)c1cc(-c2cccnc2)on1. The fourth-order valence-electron chi connectivity index (χ4n) is 3.06. The highest BCUT2D eigenvalue weighted by atomic mass is 16.5. The van der Waals surface area contributed by atoms with Crippen molar-refractivity contribution in [2.75, 3.05) is 6.54 Å². The molecule has 1 aliphatic rings. The third kappa shape index (κ3) is 3.29. The van der Waals surface area contributed by atoms with Crippen molar-refractivity contribution in [1.29, 1.82) is 0 Å². The minimum atomic E-state index is -0.871. The van der Waals surface area contributed by atoms with E-state index < -0.39 is 17.3 Å². The lowest BCUT2D eigenvalue weighted by atomic mass is 9.74. The third-order valence-corrected chi connectivity index (χ3v) is 4.54. The molecule has 1 amide bonds. The zero-order chi connectivity index (χ0) is 17.0. The van der Waals surface area contributed by atoms with Crippen molar-refractivity contribution in [3.8, 4) is 11.3 Å². The van der Waals surface area contributed by atoms with Gasteiger partial charge in [0.05, 0.1) is 5.41 Å². The van der Waals surface area contributed by atoms with Gasteiger partial charge in [-0.15, -0.1) is 0 Å². The van der Waals surface area contributed by atoms with Crippen molar-refractivity contribution in [3.05, 3.63) is 36.3 Å². The average Bonchev–Trinajstić information content (AvgIpc) is 3.11. The second-order valence-electron chi connectivity index (χ2n) is 6.15. The molecule has 7 nitrogen and oxygen atoms in total. The highest BCUT2D eigenvalue weighted by Gasteiger charge is 2.40. The van der Waals surface area contributed by atoms with Gasteiger partial charge < -0.3 is 14.9 Å². The standard InChI is InChI=1S/C17H19N3O4/c21-15(19-11-17(16(22)23)6-2-1-3-7-17)13-9-14(24-20-13)12-5-4-8-18-10-12/h4-5,8-10H,1-3,6-7,11H2,(H,19,21)(H,22,23). The summed E-state index contributed by atoms with van der Waals surface area (Å²) < 4.78 is 5.17. The monoisotopic (exact) mass is 329 g/mol. The van der Waals surface area contributed by atoms with Crippen LogP contribution in [0.5, 0.6) is 0 Å². The first-order valence-electron chi connectivity index (χ1n) is 7.99. The van der Waals surface area contributed by atoms with Crippen LogP contribution in [0.4, 0.5) is 0 Å². The van der Waals surface area contributed by atoms with Gasteiger partial charge in [-0.05, 0) is 25.0 Å². The van der Waals surface area contributed by atoms with E-state index in [9.17, 15) is 14.7 Å². The summed E-state index contributed by atoms with van der Waals surface area (Å²) in [5.41, 5.74) is -0.0207. The van der Waals surface area contributed by atoms with E-state index in [0.717, 1.165) is 24.8 Å². The highest BCUT2D eigenvalue weighted by Crippen LogP contribution is 2.36. The predicted octanol–water partition coefficient (Wildman–Crippen LogP) is 2.50. The number of hydrogen-bond donors (Lipinski definition) is 2. The van der Waals surface area contributed by atoms with Gasteiger partial charge in [-0.2, -0.15) is 0 Å². The van der Waals surface area contributed by atoms with Crippen LogP contribution in [0, 0.1) is 5.41 Å². The van der Waals surface area contributed by atoms with E-state index in [1.54, 1.807) is 24.5 Å². The zero-order valence-corrected chi connectivity index (χ0v) is 13.2. The number of hydrogen-bond acceptors (Lipinski definition) is 5. The fraction of sp³-hybridized carbons (Fsp3) is 0.412. The summed E-state index contributed by atoms with van der Waals surface area (Å²) in [4.78, 5) is 27.9. The molecule has 0 unspecified atom stereocenters. The van der Waals surface area contributed by atoms with Gasteiger partial charge in [0.15, 0.2) is 11.5 Å². The van der Waals surface area contributed by atoms with Gasteiger partial charge in [-0.25, -0.2) is 0 Å². The summed E-state index contributed by atoms with van der Waals surface area (Å²) >= 11 is 0. The number of rotatable bonds is 5. The number of amides is 1. The Labute approximate surface area is 139 Å². The maximum absolute atomic E-state index is 12.3. The summed E-state index contributed by atoms with van der Waals surface area (Å²) in [6.45, 7) is 0.107. The van der Waals surface area contributed by atoms with Gasteiger partial charge >= 0.3 is 5.97 Å². The first-order valence-corrected chi connectivity index (χ1v) is 7.99. The number of nitrogens with zero attached hydrogens (tertiary/aromatic N) is 2. The number of aliphatic carboxylic acids is 1. The Morgan fingerprint density at radius 2 is 2.08 bits per heavy atom. The highest BCUT2D eigenvalue weighted by molar-refractivity contribution is 5.93. The van der Waals surface area contributed by atoms with Crippen LogP contribution in [0.1, 0.15) is 42.6 Å². The van der Waals surface area contributed by atoms with Gasteiger partial charge in [0.1, 0.15) is 0 Å². The molecule has 24 heavy (non-hydrogen) atoms. The second-order valence-corrected chi connectivity index (χ2v) is 6.15. The fourth-order valence-corrected chi connectivity index (χ4v) is 3.06. The second kappa shape index (κ2) is 6.82. The number of carboxylic acids is 1. The molecule has 0 saturated heterocycles.